The van der Waals surface area contributed by atoms with Crippen molar-refractivity contribution in [1.29, 1.82) is 0 Å². The molecule has 1 heterocycles. The molecule has 22 heavy (non-hydrogen) atoms. The smallest absolute Gasteiger partial charge is 0.264 e. The minimum Gasteiger partial charge on any atom is -0.495 e. The molecule has 0 aliphatic heterocycles. The maximum Gasteiger partial charge on any atom is 0.264 e. The van der Waals surface area contributed by atoms with Gasteiger partial charge in [-0.05, 0) is 36.8 Å². The summed E-state index contributed by atoms with van der Waals surface area (Å²) >= 11 is 0.983. The van der Waals surface area contributed by atoms with E-state index in [1.54, 1.807) is 24.3 Å². The summed E-state index contributed by atoms with van der Waals surface area (Å²) in [5.74, 6) is 0.456. The number of hydrogen-bond donors (Lipinski definition) is 1. The average Bonchev–Trinajstić information content (AvgIpc) is 2.95. The predicted octanol–water partition coefficient (Wildman–Crippen LogP) is 2.81. The van der Waals surface area contributed by atoms with Gasteiger partial charge in [0.05, 0.1) is 24.5 Å². The highest BCUT2D eigenvalue weighted by Crippen LogP contribution is 2.29. The molecule has 0 amide bonds. The van der Waals surface area contributed by atoms with Crippen LogP contribution in [0.5, 0.6) is 5.75 Å². The number of ether oxygens (including phenoxy) is 1. The van der Waals surface area contributed by atoms with Crippen molar-refractivity contribution in [3.05, 3.63) is 42.0 Å². The molecule has 0 bridgehead atoms. The minimum absolute atomic E-state index is 0.0994. The summed E-state index contributed by atoms with van der Waals surface area (Å²) in [5.41, 5.74) is 2.24. The van der Waals surface area contributed by atoms with Crippen molar-refractivity contribution < 1.29 is 13.2 Å². The van der Waals surface area contributed by atoms with Gasteiger partial charge in [0.15, 0.2) is 0 Å². The van der Waals surface area contributed by atoms with Crippen LogP contribution in [0.2, 0.25) is 0 Å². The summed E-state index contributed by atoms with van der Waals surface area (Å²) in [6, 6.07) is 10.2. The summed E-state index contributed by atoms with van der Waals surface area (Å²) in [5, 5.41) is 0. The molecule has 0 atom stereocenters. The lowest BCUT2D eigenvalue weighted by molar-refractivity contribution is 0.417. The molecule has 0 radical (unpaired) electrons. The van der Waals surface area contributed by atoms with Gasteiger partial charge in [-0.1, -0.05) is 12.1 Å². The number of fused-ring (bicyclic) bond motifs is 1. The number of benzene rings is 2. The zero-order valence-corrected chi connectivity index (χ0v) is 13.5. The van der Waals surface area contributed by atoms with E-state index in [0.29, 0.717) is 22.5 Å². The Balaban J connectivity index is 2.08. The third-order valence-electron chi connectivity index (χ3n) is 3.14. The zero-order chi connectivity index (χ0) is 15.7. The van der Waals surface area contributed by atoms with Crippen molar-refractivity contribution >= 4 is 38.5 Å². The Morgan fingerprint density at radius 1 is 1.18 bits per heavy atom. The summed E-state index contributed by atoms with van der Waals surface area (Å²) in [4.78, 5) is 0.0994. The highest BCUT2D eigenvalue weighted by molar-refractivity contribution is 7.93. The average molecular weight is 335 g/mol. The number of anilines is 1. The summed E-state index contributed by atoms with van der Waals surface area (Å²) < 4.78 is 41.2. The molecule has 0 fully saturated rings. The van der Waals surface area contributed by atoms with Crippen molar-refractivity contribution in [3.63, 3.8) is 0 Å². The van der Waals surface area contributed by atoms with Gasteiger partial charge in [-0.25, -0.2) is 8.42 Å². The van der Waals surface area contributed by atoms with Crippen molar-refractivity contribution in [2.45, 2.75) is 11.8 Å². The van der Waals surface area contributed by atoms with Crippen LogP contribution in [0.25, 0.3) is 11.0 Å². The van der Waals surface area contributed by atoms with Crippen LogP contribution in [0.4, 0.5) is 5.69 Å². The van der Waals surface area contributed by atoms with Crippen LogP contribution in [0.1, 0.15) is 5.56 Å². The highest BCUT2D eigenvalue weighted by atomic mass is 32.2. The number of hydrogen-bond acceptors (Lipinski definition) is 6. The summed E-state index contributed by atoms with van der Waals surface area (Å²) in [7, 11) is -2.29. The van der Waals surface area contributed by atoms with Crippen LogP contribution in [0, 0.1) is 6.92 Å². The molecule has 6 nitrogen and oxygen atoms in total. The Hall–Kier alpha value is -2.19. The van der Waals surface area contributed by atoms with Crippen LogP contribution in [-0.2, 0) is 10.0 Å². The lowest BCUT2D eigenvalue weighted by Crippen LogP contribution is -2.14. The second-order valence-electron chi connectivity index (χ2n) is 4.70. The Morgan fingerprint density at radius 2 is 2.00 bits per heavy atom. The normalized spacial score (nSPS) is 11.5. The quantitative estimate of drug-likeness (QED) is 0.793. The first kappa shape index (κ1) is 14.7. The Labute approximate surface area is 132 Å². The van der Waals surface area contributed by atoms with Crippen LogP contribution >= 0.6 is 11.7 Å². The number of aryl methyl sites for hydroxylation is 1. The fourth-order valence-electron chi connectivity index (χ4n) is 2.10. The molecule has 0 saturated carbocycles. The van der Waals surface area contributed by atoms with E-state index >= 15 is 0 Å². The van der Waals surface area contributed by atoms with E-state index in [4.69, 9.17) is 4.74 Å². The second-order valence-corrected chi connectivity index (χ2v) is 6.88. The molecule has 2 aromatic carbocycles. The monoisotopic (exact) mass is 335 g/mol. The van der Waals surface area contributed by atoms with Gasteiger partial charge in [0.25, 0.3) is 10.0 Å². The molecule has 3 aromatic rings. The summed E-state index contributed by atoms with van der Waals surface area (Å²) in [6.07, 6.45) is 0. The fraction of sp³-hybridized carbons (Fsp3) is 0.143. The molecular formula is C14H13N3O3S2. The standard InChI is InChI=1S/C14H13N3O3S2/c1-9-6-7-12(20-2)11(8-9)17-22(18,19)13-5-3-4-10-14(13)16-21-15-10/h3-8,17H,1-2H3. The molecule has 0 aliphatic carbocycles. The maximum atomic E-state index is 12.7. The van der Waals surface area contributed by atoms with Crippen LogP contribution in [0.15, 0.2) is 41.3 Å². The topological polar surface area (TPSA) is 81.2 Å². The lowest BCUT2D eigenvalue weighted by atomic mass is 10.2. The molecule has 1 N–H and O–H groups in total. The number of sulfonamides is 1. The third kappa shape index (κ3) is 2.62. The molecule has 8 heteroatoms. The van der Waals surface area contributed by atoms with E-state index in [0.717, 1.165) is 17.3 Å². The van der Waals surface area contributed by atoms with E-state index in [1.807, 2.05) is 13.0 Å². The van der Waals surface area contributed by atoms with Gasteiger partial charge in [0.1, 0.15) is 21.7 Å². The number of aromatic nitrogens is 2. The number of methoxy groups -OCH3 is 1. The van der Waals surface area contributed by atoms with E-state index in [9.17, 15) is 8.42 Å². The zero-order valence-electron chi connectivity index (χ0n) is 11.9. The number of rotatable bonds is 4. The molecule has 3 rings (SSSR count). The molecular weight excluding hydrogens is 322 g/mol. The van der Waals surface area contributed by atoms with Gasteiger partial charge in [0.2, 0.25) is 0 Å². The van der Waals surface area contributed by atoms with Crippen LogP contribution in [0.3, 0.4) is 0 Å². The van der Waals surface area contributed by atoms with Crippen LogP contribution in [-0.4, -0.2) is 24.3 Å². The van der Waals surface area contributed by atoms with Gasteiger partial charge in [-0.2, -0.15) is 8.75 Å². The predicted molar refractivity (Wildman–Crippen MR) is 86.0 cm³/mol. The second kappa shape index (κ2) is 5.54. The molecule has 1 aromatic heterocycles. The minimum atomic E-state index is -3.79. The van der Waals surface area contributed by atoms with Crippen molar-refractivity contribution in [2.24, 2.45) is 0 Å². The van der Waals surface area contributed by atoms with Crippen LogP contribution < -0.4 is 9.46 Å². The number of nitrogens with one attached hydrogen (secondary N) is 1. The molecule has 114 valence electrons. The molecule has 0 spiro atoms. The van der Waals surface area contributed by atoms with Crippen molar-refractivity contribution in [3.8, 4) is 5.75 Å². The molecule has 0 saturated heterocycles. The van der Waals surface area contributed by atoms with E-state index in [-0.39, 0.29) is 4.90 Å². The van der Waals surface area contributed by atoms with E-state index < -0.39 is 10.0 Å². The van der Waals surface area contributed by atoms with Gasteiger partial charge in [-0.15, -0.1) is 0 Å². The van der Waals surface area contributed by atoms with E-state index in [2.05, 4.69) is 13.5 Å². The molecule has 0 aliphatic rings. The van der Waals surface area contributed by atoms with E-state index in [1.165, 1.54) is 13.2 Å². The lowest BCUT2D eigenvalue weighted by Gasteiger charge is -2.12. The highest BCUT2D eigenvalue weighted by Gasteiger charge is 2.21. The molecule has 0 unspecified atom stereocenters. The van der Waals surface area contributed by atoms with Gasteiger partial charge < -0.3 is 4.74 Å². The van der Waals surface area contributed by atoms with Crippen molar-refractivity contribution in [1.82, 2.24) is 8.75 Å². The first-order valence-corrected chi connectivity index (χ1v) is 8.61. The van der Waals surface area contributed by atoms with Gasteiger partial charge in [-0.3, -0.25) is 4.72 Å². The first-order chi connectivity index (χ1) is 10.5. The fourth-order valence-corrected chi connectivity index (χ4v) is 3.93. The maximum absolute atomic E-state index is 12.7. The Bertz CT molecular complexity index is 935. The first-order valence-electron chi connectivity index (χ1n) is 6.40. The third-order valence-corrected chi connectivity index (χ3v) is 5.08. The Morgan fingerprint density at radius 3 is 2.77 bits per heavy atom. The Kier molecular flexibility index (Phi) is 3.71. The van der Waals surface area contributed by atoms with Crippen molar-refractivity contribution in [2.75, 3.05) is 11.8 Å². The van der Waals surface area contributed by atoms with Gasteiger partial charge in [0, 0.05) is 0 Å². The number of nitrogens with zero attached hydrogens (tertiary/aromatic N) is 2. The summed E-state index contributed by atoms with van der Waals surface area (Å²) in [6.45, 7) is 1.88. The largest absolute Gasteiger partial charge is 0.495 e. The SMILES string of the molecule is COc1ccc(C)cc1NS(=O)(=O)c1cccc2nsnc12. The van der Waals surface area contributed by atoms with Gasteiger partial charge >= 0.3 is 0 Å².